The number of aromatic nitrogens is 2. The molecular weight excluding hydrogens is 332 g/mol. The van der Waals surface area contributed by atoms with Gasteiger partial charge in [0.15, 0.2) is 5.82 Å². The first-order valence-electron chi connectivity index (χ1n) is 9.38. The molecule has 1 aromatic rings. The summed E-state index contributed by atoms with van der Waals surface area (Å²) in [6, 6.07) is 0. The molecule has 1 aromatic heterocycles. The Labute approximate surface area is 162 Å². The molecule has 27 heavy (non-hydrogen) atoms. The van der Waals surface area contributed by atoms with Gasteiger partial charge in [-0.25, -0.2) is 9.67 Å². The Morgan fingerprint density at radius 1 is 1.15 bits per heavy atom. The van der Waals surface area contributed by atoms with Crippen LogP contribution >= 0.6 is 0 Å². The van der Waals surface area contributed by atoms with Crippen molar-refractivity contribution in [2.45, 2.75) is 39.5 Å². The molecule has 1 aliphatic carbocycles. The van der Waals surface area contributed by atoms with Crippen molar-refractivity contribution in [3.8, 4) is 0 Å². The lowest BCUT2D eigenvalue weighted by molar-refractivity contribution is 0.936. The molecule has 4 heteroatoms. The van der Waals surface area contributed by atoms with E-state index in [2.05, 4.69) is 72.6 Å². The van der Waals surface area contributed by atoms with Crippen molar-refractivity contribution < 1.29 is 0 Å². The second-order valence-corrected chi connectivity index (χ2v) is 6.18. The fourth-order valence-corrected chi connectivity index (χ4v) is 2.74. The van der Waals surface area contributed by atoms with Gasteiger partial charge in [-0.2, -0.15) is 5.10 Å². The van der Waals surface area contributed by atoms with Crippen molar-refractivity contribution in [1.29, 1.82) is 0 Å². The molecule has 0 saturated heterocycles. The normalized spacial score (nSPS) is 19.9. The summed E-state index contributed by atoms with van der Waals surface area (Å²) in [6.07, 6.45) is 23.9. The highest BCUT2D eigenvalue weighted by molar-refractivity contribution is 5.78. The van der Waals surface area contributed by atoms with E-state index < -0.39 is 0 Å². The zero-order valence-corrected chi connectivity index (χ0v) is 16.3. The van der Waals surface area contributed by atoms with Crippen molar-refractivity contribution >= 4 is 30.5 Å². The topological polar surface area (TPSA) is 42.5 Å². The second kappa shape index (κ2) is 10.9. The molecule has 0 aromatic carbocycles. The molecule has 1 aliphatic heterocycles. The number of nitrogens with zero attached hydrogens (tertiary/aromatic N) is 4. The zero-order valence-electron chi connectivity index (χ0n) is 16.3. The molecule has 140 valence electrons. The van der Waals surface area contributed by atoms with Crippen LogP contribution in [0.3, 0.4) is 0 Å². The smallest absolute Gasteiger partial charge is 0.161 e. The van der Waals surface area contributed by atoms with E-state index in [1.165, 1.54) is 17.6 Å². The van der Waals surface area contributed by atoms with Gasteiger partial charge in [-0.15, -0.1) is 0 Å². The lowest BCUT2D eigenvalue weighted by Gasteiger charge is -2.10. The minimum Gasteiger partial charge on any atom is -0.261 e. The third-order valence-corrected chi connectivity index (χ3v) is 3.98. The van der Waals surface area contributed by atoms with Gasteiger partial charge in [0.05, 0.1) is 11.9 Å². The number of hydrogen-bond donors (Lipinski definition) is 0. The molecule has 2 heterocycles. The molecule has 3 rings (SSSR count). The van der Waals surface area contributed by atoms with Crippen LogP contribution in [0.15, 0.2) is 76.6 Å². The van der Waals surface area contributed by atoms with Crippen molar-refractivity contribution in [1.82, 2.24) is 9.78 Å². The van der Waals surface area contributed by atoms with Crippen LogP contribution in [0, 0.1) is 0 Å². The Kier molecular flexibility index (Phi) is 8.17. The zero-order chi connectivity index (χ0) is 19.5. The number of hydrogen-bond acceptors (Lipinski definition) is 3. The van der Waals surface area contributed by atoms with Crippen molar-refractivity contribution in [3.05, 3.63) is 72.1 Å². The first kappa shape index (κ1) is 20.3. The van der Waals surface area contributed by atoms with Crippen LogP contribution in [-0.4, -0.2) is 22.7 Å². The van der Waals surface area contributed by atoms with Crippen molar-refractivity contribution in [3.63, 3.8) is 0 Å². The quantitative estimate of drug-likeness (QED) is 0.580. The molecule has 0 atom stereocenters. The molecule has 0 bridgehead atoms. The van der Waals surface area contributed by atoms with Gasteiger partial charge < -0.3 is 0 Å². The summed E-state index contributed by atoms with van der Waals surface area (Å²) in [5, 5.41) is 4.30. The van der Waals surface area contributed by atoms with Crippen LogP contribution in [0.25, 0.3) is 11.8 Å². The SMILES string of the molecule is C=Cn1ncc(/C2=C/C=C(/C3=CC=CC=CC3)N=CCC2)c1N=C.CCC. The van der Waals surface area contributed by atoms with Crippen molar-refractivity contribution in [2.24, 2.45) is 9.98 Å². The van der Waals surface area contributed by atoms with Gasteiger partial charge >= 0.3 is 0 Å². The molecule has 4 nitrogen and oxygen atoms in total. The molecule has 0 fully saturated rings. The Hall–Kier alpha value is -3.01. The summed E-state index contributed by atoms with van der Waals surface area (Å²) in [4.78, 5) is 8.73. The van der Waals surface area contributed by atoms with Gasteiger partial charge in [-0.3, -0.25) is 4.99 Å². The third-order valence-electron chi connectivity index (χ3n) is 3.98. The lowest BCUT2D eigenvalue weighted by Crippen LogP contribution is -1.93. The van der Waals surface area contributed by atoms with Crippen LogP contribution in [0.5, 0.6) is 0 Å². The van der Waals surface area contributed by atoms with Gasteiger partial charge in [0.2, 0.25) is 0 Å². The van der Waals surface area contributed by atoms with Crippen LogP contribution in [0.4, 0.5) is 5.82 Å². The average molecular weight is 361 g/mol. The maximum Gasteiger partial charge on any atom is 0.161 e. The van der Waals surface area contributed by atoms with Crippen molar-refractivity contribution in [2.75, 3.05) is 0 Å². The molecular formula is C23H28N4. The van der Waals surface area contributed by atoms with E-state index in [1.54, 1.807) is 10.9 Å². The predicted molar refractivity (Wildman–Crippen MR) is 119 cm³/mol. The average Bonchev–Trinajstić information content (AvgIpc) is 2.87. The summed E-state index contributed by atoms with van der Waals surface area (Å²) < 4.78 is 1.64. The fraction of sp³-hybridized carbons (Fsp3) is 0.261. The highest BCUT2D eigenvalue weighted by Crippen LogP contribution is 2.31. The summed E-state index contributed by atoms with van der Waals surface area (Å²) in [7, 11) is 0. The third kappa shape index (κ3) is 5.48. The van der Waals surface area contributed by atoms with E-state index in [1.807, 2.05) is 24.6 Å². The molecule has 0 spiro atoms. The van der Waals surface area contributed by atoms with Gasteiger partial charge in [-0.05, 0) is 43.2 Å². The molecule has 0 amide bonds. The lowest BCUT2D eigenvalue weighted by atomic mass is 10.0. The molecule has 0 N–H and O–H groups in total. The number of aliphatic imine (C=N–C) groups is 2. The Morgan fingerprint density at radius 2 is 1.96 bits per heavy atom. The van der Waals surface area contributed by atoms with E-state index in [9.17, 15) is 0 Å². The van der Waals surface area contributed by atoms with Crippen LogP contribution < -0.4 is 0 Å². The van der Waals surface area contributed by atoms with E-state index in [-0.39, 0.29) is 0 Å². The van der Waals surface area contributed by atoms with E-state index in [0.717, 1.165) is 36.3 Å². The molecule has 2 aliphatic rings. The molecule has 0 unspecified atom stereocenters. The van der Waals surface area contributed by atoms with Gasteiger partial charge in [0.25, 0.3) is 0 Å². The first-order chi connectivity index (χ1) is 13.2. The monoisotopic (exact) mass is 360 g/mol. The molecule has 0 radical (unpaired) electrons. The number of rotatable bonds is 4. The van der Waals surface area contributed by atoms with E-state index in [4.69, 9.17) is 0 Å². The van der Waals surface area contributed by atoms with Crippen LogP contribution in [0.2, 0.25) is 0 Å². The van der Waals surface area contributed by atoms with E-state index >= 15 is 0 Å². The van der Waals surface area contributed by atoms with Gasteiger partial charge in [-0.1, -0.05) is 63.3 Å². The maximum atomic E-state index is 4.62. The van der Waals surface area contributed by atoms with E-state index in [0.29, 0.717) is 0 Å². The van der Waals surface area contributed by atoms with Crippen LogP contribution in [-0.2, 0) is 0 Å². The van der Waals surface area contributed by atoms with Gasteiger partial charge in [0, 0.05) is 18.0 Å². The van der Waals surface area contributed by atoms with Crippen LogP contribution in [0.1, 0.15) is 45.1 Å². The number of allylic oxidation sites excluding steroid dienone is 9. The predicted octanol–water partition coefficient (Wildman–Crippen LogP) is 6.31. The highest BCUT2D eigenvalue weighted by Gasteiger charge is 2.13. The molecule has 0 saturated carbocycles. The Morgan fingerprint density at radius 3 is 2.70 bits per heavy atom. The summed E-state index contributed by atoms with van der Waals surface area (Å²) in [5.41, 5.74) is 4.37. The summed E-state index contributed by atoms with van der Waals surface area (Å²) >= 11 is 0. The second-order valence-electron chi connectivity index (χ2n) is 6.18. The highest BCUT2D eigenvalue weighted by atomic mass is 15.3. The standard InChI is InChI=1S/C20H20N4.C3H8/c1-3-24-20(21-2)18(15-23-24)16-11-8-14-22-19(13-12-16)17-9-6-4-5-7-10-17;1-3-2/h3-7,9,12-15H,1-2,8,10-11H2;3H2,1-2H3/b16-12+,19-13-,22-14?;. The summed E-state index contributed by atoms with van der Waals surface area (Å²) in [6.45, 7) is 11.7. The Balaban J connectivity index is 0.000000817. The minimum absolute atomic E-state index is 0.725. The Bertz CT molecular complexity index is 842. The maximum absolute atomic E-state index is 4.62. The largest absolute Gasteiger partial charge is 0.261 e. The fourth-order valence-electron chi connectivity index (χ4n) is 2.74. The first-order valence-corrected chi connectivity index (χ1v) is 9.38. The van der Waals surface area contributed by atoms with Gasteiger partial charge in [0.1, 0.15) is 0 Å². The minimum atomic E-state index is 0.725. The summed E-state index contributed by atoms with van der Waals surface area (Å²) in [5.74, 6) is 0.725.